The van der Waals surface area contributed by atoms with E-state index in [0.29, 0.717) is 34.3 Å². The Kier molecular flexibility index (Phi) is 7.31. The molecular formula is C18H21Cl2NO5S. The second-order valence-electron chi connectivity index (χ2n) is 6.09. The fourth-order valence-electron chi connectivity index (χ4n) is 2.94. The molecule has 0 amide bonds. The molecule has 1 aromatic rings. The Morgan fingerprint density at radius 2 is 1.96 bits per heavy atom. The number of Topliss-reactive ketones (excluding diaryl/α,β-unsaturated/α-hetero) is 1. The molecule has 1 atom stereocenters. The lowest BCUT2D eigenvalue weighted by Gasteiger charge is -2.26. The molecule has 0 aromatic heterocycles. The maximum Gasteiger partial charge on any atom is 0.305 e. The minimum absolute atomic E-state index is 0.0602. The average Bonchev–Trinajstić information content (AvgIpc) is 2.55. The Hall–Kier alpha value is -1.57. The van der Waals surface area contributed by atoms with Gasteiger partial charge < -0.3 is 9.02 Å². The van der Waals surface area contributed by atoms with Crippen molar-refractivity contribution in [3.05, 3.63) is 45.1 Å². The highest BCUT2D eigenvalue weighted by molar-refractivity contribution is 7.86. The Morgan fingerprint density at radius 3 is 2.52 bits per heavy atom. The van der Waals surface area contributed by atoms with Gasteiger partial charge in [-0.1, -0.05) is 41.3 Å². The standard InChI is InChI=1S/C18H21Cl2NO5S/c1-4-15(21-25-5-2)18-16(22)8-11(9-17(18)26-27(3,23)24)13-7-6-12(19)10-14(13)20/h6-7,10-11H,4-5,8-9H2,1-3H3. The van der Waals surface area contributed by atoms with Crippen molar-refractivity contribution in [1.82, 2.24) is 0 Å². The topological polar surface area (TPSA) is 82.0 Å². The van der Waals surface area contributed by atoms with Crippen LogP contribution >= 0.6 is 23.2 Å². The summed E-state index contributed by atoms with van der Waals surface area (Å²) in [6.45, 7) is 3.90. The van der Waals surface area contributed by atoms with Crippen LogP contribution in [0.15, 0.2) is 34.7 Å². The maximum absolute atomic E-state index is 12.9. The quantitative estimate of drug-likeness (QED) is 0.359. The van der Waals surface area contributed by atoms with Gasteiger partial charge in [-0.3, -0.25) is 4.79 Å². The first-order chi connectivity index (χ1) is 12.7. The summed E-state index contributed by atoms with van der Waals surface area (Å²) < 4.78 is 28.7. The first kappa shape index (κ1) is 21.7. The summed E-state index contributed by atoms with van der Waals surface area (Å²) in [7, 11) is -3.82. The van der Waals surface area contributed by atoms with Crippen molar-refractivity contribution < 1.29 is 22.2 Å². The van der Waals surface area contributed by atoms with Crippen LogP contribution in [0.2, 0.25) is 10.0 Å². The van der Waals surface area contributed by atoms with Crippen molar-refractivity contribution in [2.75, 3.05) is 12.9 Å². The molecule has 1 aliphatic rings. The number of allylic oxidation sites excluding steroid dienone is 2. The third-order valence-electron chi connectivity index (χ3n) is 4.00. The van der Waals surface area contributed by atoms with Gasteiger partial charge in [0.25, 0.3) is 0 Å². The molecule has 9 heteroatoms. The van der Waals surface area contributed by atoms with E-state index in [1.807, 2.05) is 0 Å². The van der Waals surface area contributed by atoms with Crippen LogP contribution in [0.3, 0.4) is 0 Å². The van der Waals surface area contributed by atoms with Crippen LogP contribution in [-0.4, -0.2) is 32.8 Å². The molecule has 27 heavy (non-hydrogen) atoms. The minimum Gasteiger partial charge on any atom is -0.396 e. The smallest absolute Gasteiger partial charge is 0.305 e. The van der Waals surface area contributed by atoms with Gasteiger partial charge in [-0.15, -0.1) is 0 Å². The highest BCUT2D eigenvalue weighted by Crippen LogP contribution is 2.39. The molecule has 0 aliphatic heterocycles. The number of nitrogens with zero attached hydrogens (tertiary/aromatic N) is 1. The van der Waals surface area contributed by atoms with Crippen LogP contribution < -0.4 is 0 Å². The van der Waals surface area contributed by atoms with Crippen molar-refractivity contribution in [3.8, 4) is 0 Å². The van der Waals surface area contributed by atoms with Crippen molar-refractivity contribution in [2.45, 2.75) is 39.0 Å². The van der Waals surface area contributed by atoms with Crippen LogP contribution in [-0.2, 0) is 23.9 Å². The minimum atomic E-state index is -3.82. The van der Waals surface area contributed by atoms with Crippen molar-refractivity contribution in [2.24, 2.45) is 5.16 Å². The summed E-state index contributed by atoms with van der Waals surface area (Å²) in [5.74, 6) is -0.533. The van der Waals surface area contributed by atoms with Crippen LogP contribution in [0, 0.1) is 0 Å². The largest absolute Gasteiger partial charge is 0.396 e. The fraction of sp³-hybridized carbons (Fsp3) is 0.444. The third-order valence-corrected chi connectivity index (χ3v) is 5.07. The molecule has 0 N–H and O–H groups in total. The number of rotatable bonds is 7. The van der Waals surface area contributed by atoms with E-state index >= 15 is 0 Å². The van der Waals surface area contributed by atoms with Gasteiger partial charge in [-0.05, 0) is 37.0 Å². The first-order valence-electron chi connectivity index (χ1n) is 8.46. The fourth-order valence-corrected chi connectivity index (χ4v) is 4.02. The second-order valence-corrected chi connectivity index (χ2v) is 8.51. The van der Waals surface area contributed by atoms with Crippen molar-refractivity contribution in [3.63, 3.8) is 0 Å². The van der Waals surface area contributed by atoms with E-state index < -0.39 is 10.1 Å². The average molecular weight is 434 g/mol. The summed E-state index contributed by atoms with van der Waals surface area (Å²) in [6, 6.07) is 5.01. The van der Waals surface area contributed by atoms with Gasteiger partial charge in [-0.2, -0.15) is 8.42 Å². The molecule has 1 unspecified atom stereocenters. The van der Waals surface area contributed by atoms with Gasteiger partial charge in [0.1, 0.15) is 12.4 Å². The lowest BCUT2D eigenvalue weighted by molar-refractivity contribution is -0.116. The summed E-state index contributed by atoms with van der Waals surface area (Å²) in [6.07, 6.45) is 1.68. The van der Waals surface area contributed by atoms with Crippen LogP contribution in [0.5, 0.6) is 0 Å². The Morgan fingerprint density at radius 1 is 1.26 bits per heavy atom. The van der Waals surface area contributed by atoms with Crippen LogP contribution in [0.25, 0.3) is 0 Å². The Labute approximate surface area is 169 Å². The lowest BCUT2D eigenvalue weighted by atomic mass is 9.81. The molecule has 0 radical (unpaired) electrons. The molecule has 148 valence electrons. The monoisotopic (exact) mass is 433 g/mol. The predicted octanol–water partition coefficient (Wildman–Crippen LogP) is 4.47. The SMILES string of the molecule is CCON=C(CC)C1=C(OS(C)(=O)=O)CC(c2ccc(Cl)cc2Cl)CC1=O. The van der Waals surface area contributed by atoms with E-state index in [1.165, 1.54) is 0 Å². The normalized spacial score (nSPS) is 18.6. The summed E-state index contributed by atoms with van der Waals surface area (Å²) in [4.78, 5) is 17.9. The van der Waals surface area contributed by atoms with E-state index in [0.717, 1.165) is 6.26 Å². The Bertz CT molecular complexity index is 893. The van der Waals surface area contributed by atoms with Gasteiger partial charge in [0, 0.05) is 22.9 Å². The van der Waals surface area contributed by atoms with E-state index in [4.69, 9.17) is 32.2 Å². The molecule has 2 rings (SSSR count). The molecule has 0 heterocycles. The zero-order valence-electron chi connectivity index (χ0n) is 15.3. The number of benzene rings is 1. The van der Waals surface area contributed by atoms with Crippen molar-refractivity contribution >= 4 is 44.8 Å². The van der Waals surface area contributed by atoms with Crippen molar-refractivity contribution in [1.29, 1.82) is 0 Å². The van der Waals surface area contributed by atoms with Gasteiger partial charge in [-0.25, -0.2) is 0 Å². The highest BCUT2D eigenvalue weighted by Gasteiger charge is 2.34. The van der Waals surface area contributed by atoms with Crippen LogP contribution in [0.1, 0.15) is 44.6 Å². The van der Waals surface area contributed by atoms with Gasteiger partial charge in [0.05, 0.1) is 17.5 Å². The Balaban J connectivity index is 2.52. The molecule has 0 spiro atoms. The number of halogens is 2. The maximum atomic E-state index is 12.9. The molecule has 0 bridgehead atoms. The number of ketones is 1. The molecule has 0 fully saturated rings. The molecule has 1 aliphatic carbocycles. The number of hydrogen-bond donors (Lipinski definition) is 0. The number of carbonyl (C=O) groups is 1. The summed E-state index contributed by atoms with van der Waals surface area (Å²) in [5.41, 5.74) is 1.24. The molecular weight excluding hydrogens is 413 g/mol. The van der Waals surface area contributed by atoms with E-state index in [1.54, 1.807) is 32.0 Å². The highest BCUT2D eigenvalue weighted by atomic mass is 35.5. The van der Waals surface area contributed by atoms with Gasteiger partial charge in [0.15, 0.2) is 5.78 Å². The van der Waals surface area contributed by atoms with E-state index in [-0.39, 0.29) is 35.9 Å². The van der Waals surface area contributed by atoms with Gasteiger partial charge in [0.2, 0.25) is 0 Å². The number of hydrogen-bond acceptors (Lipinski definition) is 6. The predicted molar refractivity (Wildman–Crippen MR) is 106 cm³/mol. The zero-order chi connectivity index (χ0) is 20.2. The number of carbonyl (C=O) groups excluding carboxylic acids is 1. The lowest BCUT2D eigenvalue weighted by Crippen LogP contribution is -2.26. The van der Waals surface area contributed by atoms with Crippen LogP contribution in [0.4, 0.5) is 0 Å². The summed E-state index contributed by atoms with van der Waals surface area (Å²) >= 11 is 12.2. The molecule has 1 aromatic carbocycles. The number of oxime groups is 1. The third kappa shape index (κ3) is 5.70. The molecule has 0 saturated carbocycles. The van der Waals surface area contributed by atoms with E-state index in [2.05, 4.69) is 5.16 Å². The van der Waals surface area contributed by atoms with Gasteiger partial charge >= 0.3 is 10.1 Å². The second kappa shape index (κ2) is 9.08. The molecule has 0 saturated heterocycles. The molecule has 6 nitrogen and oxygen atoms in total. The first-order valence-corrected chi connectivity index (χ1v) is 11.0. The van der Waals surface area contributed by atoms with E-state index in [9.17, 15) is 13.2 Å². The summed E-state index contributed by atoms with van der Waals surface area (Å²) in [5, 5.41) is 4.86. The zero-order valence-corrected chi connectivity index (χ0v) is 17.6.